The molecule has 1 rings (SSSR count). The maximum atomic E-state index is 12.5. The van der Waals surface area contributed by atoms with Gasteiger partial charge in [0.25, 0.3) is 0 Å². The zero-order valence-corrected chi connectivity index (χ0v) is 18.4. The molecule has 0 aromatic heterocycles. The van der Waals surface area contributed by atoms with E-state index < -0.39 is 35.4 Å². The average Bonchev–Trinajstić information content (AvgIpc) is 2.58. The van der Waals surface area contributed by atoms with Crippen molar-refractivity contribution in [2.75, 3.05) is 7.11 Å². The molecule has 1 N–H and O–H groups in total. The maximum Gasteiger partial charge on any atom is 0.408 e. The van der Waals surface area contributed by atoms with E-state index in [-0.39, 0.29) is 5.92 Å². The molecule has 1 aromatic carbocycles. The summed E-state index contributed by atoms with van der Waals surface area (Å²) in [7, 11) is 1.65. The standard InChI is InChI=1S/C22H35NO5/c1-15(23-20(25)28-21(3,4)5)19(24)27-16(2)18(22(6,7)26-8)14-17-12-10-9-11-13-17/h9-13,15-16,18H,14H2,1-8H3,(H,23,25)/t15-,16-,18-/m0/s1. The van der Waals surface area contributed by atoms with Gasteiger partial charge in [-0.25, -0.2) is 9.59 Å². The summed E-state index contributed by atoms with van der Waals surface area (Å²) in [5, 5.41) is 2.52. The van der Waals surface area contributed by atoms with Crippen molar-refractivity contribution >= 4 is 12.1 Å². The van der Waals surface area contributed by atoms with Crippen LogP contribution in [0.5, 0.6) is 0 Å². The van der Waals surface area contributed by atoms with E-state index in [1.165, 1.54) is 0 Å². The lowest BCUT2D eigenvalue weighted by Gasteiger charge is -2.37. The Morgan fingerprint density at radius 1 is 1.04 bits per heavy atom. The summed E-state index contributed by atoms with van der Waals surface area (Å²) in [5.74, 6) is -0.582. The number of alkyl carbamates (subject to hydrolysis) is 1. The van der Waals surface area contributed by atoms with Crippen LogP contribution in [0.4, 0.5) is 4.79 Å². The van der Waals surface area contributed by atoms with Crippen LogP contribution in [0.3, 0.4) is 0 Å². The van der Waals surface area contributed by atoms with Crippen molar-refractivity contribution in [3.05, 3.63) is 35.9 Å². The normalized spacial score (nSPS) is 15.3. The Hall–Kier alpha value is -2.08. The molecule has 0 aliphatic rings. The SMILES string of the molecule is COC(C)(C)[C@@H](Cc1ccccc1)[C@H](C)OC(=O)[C@H](C)NC(=O)OC(C)(C)C. The fraction of sp³-hybridized carbons (Fsp3) is 0.636. The molecule has 0 aliphatic heterocycles. The number of ether oxygens (including phenoxy) is 3. The molecule has 0 fully saturated rings. The largest absolute Gasteiger partial charge is 0.461 e. The van der Waals surface area contributed by atoms with Crippen LogP contribution in [0.2, 0.25) is 0 Å². The number of amides is 1. The second kappa shape index (κ2) is 9.92. The second-order valence-corrected chi connectivity index (χ2v) is 8.61. The van der Waals surface area contributed by atoms with Crippen molar-refractivity contribution < 1.29 is 23.8 Å². The first-order valence-electron chi connectivity index (χ1n) is 9.65. The van der Waals surface area contributed by atoms with Gasteiger partial charge in [-0.05, 0) is 60.5 Å². The summed E-state index contributed by atoms with van der Waals surface area (Å²) in [4.78, 5) is 24.4. The number of nitrogens with one attached hydrogen (secondary N) is 1. The number of carbonyl (C=O) groups is 2. The van der Waals surface area contributed by atoms with Gasteiger partial charge in [-0.15, -0.1) is 0 Å². The molecule has 6 nitrogen and oxygen atoms in total. The summed E-state index contributed by atoms with van der Waals surface area (Å²) in [6, 6.07) is 9.19. The van der Waals surface area contributed by atoms with Gasteiger partial charge < -0.3 is 19.5 Å². The van der Waals surface area contributed by atoms with Crippen LogP contribution in [0.25, 0.3) is 0 Å². The van der Waals surface area contributed by atoms with Crippen molar-refractivity contribution in [2.45, 2.75) is 78.2 Å². The third-order valence-electron chi connectivity index (χ3n) is 4.67. The highest BCUT2D eigenvalue weighted by atomic mass is 16.6. The summed E-state index contributed by atoms with van der Waals surface area (Å²) in [6.45, 7) is 12.7. The predicted octanol–water partition coefficient (Wildman–Crippen LogP) is 4.12. The number of hydrogen-bond acceptors (Lipinski definition) is 5. The molecule has 0 bridgehead atoms. The molecule has 1 aromatic rings. The van der Waals surface area contributed by atoms with Gasteiger partial charge in [0.05, 0.1) is 5.60 Å². The smallest absolute Gasteiger partial charge is 0.408 e. The summed E-state index contributed by atoms with van der Waals surface area (Å²) in [6.07, 6.45) is -0.363. The van der Waals surface area contributed by atoms with Gasteiger partial charge in [0, 0.05) is 13.0 Å². The Morgan fingerprint density at radius 2 is 1.61 bits per heavy atom. The predicted molar refractivity (Wildman–Crippen MR) is 109 cm³/mol. The fourth-order valence-electron chi connectivity index (χ4n) is 2.91. The third-order valence-corrected chi connectivity index (χ3v) is 4.67. The van der Waals surface area contributed by atoms with E-state index in [0.29, 0.717) is 6.42 Å². The Labute approximate surface area is 168 Å². The number of methoxy groups -OCH3 is 1. The summed E-state index contributed by atoms with van der Waals surface area (Å²) in [5.41, 5.74) is 0.00204. The third kappa shape index (κ3) is 7.89. The number of benzene rings is 1. The van der Waals surface area contributed by atoms with Crippen molar-refractivity contribution in [2.24, 2.45) is 5.92 Å². The minimum absolute atomic E-state index is 0.0717. The molecule has 0 aliphatic carbocycles. The lowest BCUT2D eigenvalue weighted by atomic mass is 9.81. The minimum atomic E-state index is -0.819. The van der Waals surface area contributed by atoms with Gasteiger partial charge in [0.15, 0.2) is 0 Å². The lowest BCUT2D eigenvalue weighted by molar-refractivity contribution is -0.159. The molecule has 3 atom stereocenters. The molecule has 6 heteroatoms. The molecule has 0 saturated heterocycles. The topological polar surface area (TPSA) is 73.9 Å². The Bertz CT molecular complexity index is 636. The summed E-state index contributed by atoms with van der Waals surface area (Å²) < 4.78 is 16.5. The molecule has 28 heavy (non-hydrogen) atoms. The van der Waals surface area contributed by atoms with Crippen LogP contribution in [0.15, 0.2) is 30.3 Å². The minimum Gasteiger partial charge on any atom is -0.461 e. The fourth-order valence-corrected chi connectivity index (χ4v) is 2.91. The van der Waals surface area contributed by atoms with E-state index in [1.807, 2.05) is 51.1 Å². The van der Waals surface area contributed by atoms with E-state index in [0.717, 1.165) is 5.56 Å². The van der Waals surface area contributed by atoms with E-state index in [2.05, 4.69) is 5.32 Å². The first-order valence-corrected chi connectivity index (χ1v) is 9.65. The highest BCUT2D eigenvalue weighted by Gasteiger charge is 2.36. The molecular weight excluding hydrogens is 358 g/mol. The van der Waals surface area contributed by atoms with Gasteiger partial charge >= 0.3 is 12.1 Å². The zero-order valence-electron chi connectivity index (χ0n) is 18.4. The van der Waals surface area contributed by atoms with Gasteiger partial charge in [-0.1, -0.05) is 30.3 Å². The van der Waals surface area contributed by atoms with Crippen molar-refractivity contribution in [1.29, 1.82) is 0 Å². The van der Waals surface area contributed by atoms with Crippen LogP contribution in [0, 0.1) is 5.92 Å². The molecule has 0 saturated carbocycles. The van der Waals surface area contributed by atoms with Crippen molar-refractivity contribution in [1.82, 2.24) is 5.32 Å². The number of rotatable bonds is 8. The van der Waals surface area contributed by atoms with E-state index in [4.69, 9.17) is 14.2 Å². The molecule has 0 radical (unpaired) electrons. The number of esters is 1. The number of carbonyl (C=O) groups excluding carboxylic acids is 2. The van der Waals surface area contributed by atoms with E-state index in [9.17, 15) is 9.59 Å². The quantitative estimate of drug-likeness (QED) is 0.673. The van der Waals surface area contributed by atoms with Crippen LogP contribution in [0.1, 0.15) is 54.0 Å². The first-order chi connectivity index (χ1) is 12.9. The maximum absolute atomic E-state index is 12.5. The zero-order chi connectivity index (χ0) is 21.5. The molecular formula is C22H35NO5. The van der Waals surface area contributed by atoms with Gasteiger partial charge in [-0.2, -0.15) is 0 Å². The van der Waals surface area contributed by atoms with Gasteiger partial charge in [-0.3, -0.25) is 0 Å². The molecule has 0 unspecified atom stereocenters. The molecule has 158 valence electrons. The first kappa shape index (κ1) is 24.0. The van der Waals surface area contributed by atoms with Gasteiger partial charge in [0.2, 0.25) is 0 Å². The Morgan fingerprint density at radius 3 is 2.11 bits per heavy atom. The summed E-state index contributed by atoms with van der Waals surface area (Å²) >= 11 is 0. The van der Waals surface area contributed by atoms with Crippen LogP contribution >= 0.6 is 0 Å². The van der Waals surface area contributed by atoms with E-state index in [1.54, 1.807) is 34.8 Å². The Kier molecular flexibility index (Phi) is 8.48. The number of hydrogen-bond donors (Lipinski definition) is 1. The van der Waals surface area contributed by atoms with Gasteiger partial charge in [0.1, 0.15) is 17.7 Å². The highest BCUT2D eigenvalue weighted by Crippen LogP contribution is 2.29. The highest BCUT2D eigenvalue weighted by molar-refractivity contribution is 5.81. The molecule has 0 spiro atoms. The van der Waals surface area contributed by atoms with Crippen LogP contribution in [-0.2, 0) is 25.4 Å². The molecule has 0 heterocycles. The van der Waals surface area contributed by atoms with Crippen molar-refractivity contribution in [3.8, 4) is 0 Å². The molecule has 1 amide bonds. The average molecular weight is 394 g/mol. The monoisotopic (exact) mass is 393 g/mol. The van der Waals surface area contributed by atoms with Crippen LogP contribution < -0.4 is 5.32 Å². The lowest BCUT2D eigenvalue weighted by Crippen LogP contribution is -2.47. The van der Waals surface area contributed by atoms with Crippen molar-refractivity contribution in [3.63, 3.8) is 0 Å². The second-order valence-electron chi connectivity index (χ2n) is 8.61. The Balaban J connectivity index is 2.79. The van der Waals surface area contributed by atoms with E-state index >= 15 is 0 Å². The van der Waals surface area contributed by atoms with Crippen LogP contribution in [-0.4, -0.2) is 42.5 Å².